The van der Waals surface area contributed by atoms with Crippen LogP contribution >= 0.6 is 0 Å². The summed E-state index contributed by atoms with van der Waals surface area (Å²) < 4.78 is 17.8. The summed E-state index contributed by atoms with van der Waals surface area (Å²) in [6.45, 7) is 70.3. The van der Waals surface area contributed by atoms with E-state index in [9.17, 15) is 14.4 Å². The molecule has 4 saturated carbocycles. The van der Waals surface area contributed by atoms with Crippen molar-refractivity contribution in [2.24, 2.45) is 71.0 Å². The molecule has 756 valence electrons. The van der Waals surface area contributed by atoms with E-state index in [-0.39, 0.29) is 77.3 Å². The highest BCUT2D eigenvalue weighted by atomic mass is 16.6. The molecule has 8 aliphatic heterocycles. The summed E-state index contributed by atoms with van der Waals surface area (Å²) in [5, 5.41) is 0. The van der Waals surface area contributed by atoms with Gasteiger partial charge in [-0.25, -0.2) is 26.3 Å². The third-order valence-corrected chi connectivity index (χ3v) is 35.7. The molecule has 8 heterocycles. The van der Waals surface area contributed by atoms with Gasteiger partial charge in [-0.2, -0.15) is 0 Å². The average Bonchev–Trinajstić information content (AvgIpc) is 1.66. The number of carbonyl (C=O) groups excluding carboxylic acids is 3. The molecule has 20 rings (SSSR count). The lowest BCUT2D eigenvalue weighted by Gasteiger charge is -2.46. The van der Waals surface area contributed by atoms with Crippen molar-refractivity contribution in [2.45, 2.75) is 243 Å². The number of piperidine rings is 4. The molecule has 4 aliphatic carbocycles. The highest BCUT2D eigenvalue weighted by Gasteiger charge is 2.63. The highest BCUT2D eigenvalue weighted by Crippen LogP contribution is 2.58. The Bertz CT molecular complexity index is 5530. The summed E-state index contributed by atoms with van der Waals surface area (Å²) in [7, 11) is 0. The van der Waals surface area contributed by atoms with Gasteiger partial charge in [0.1, 0.15) is 18.3 Å². The minimum Gasteiger partial charge on any atom is -0.462 e. The number of benzene rings is 8. The SMILES string of the molecule is [C-]#[N+]C(c1ccccc1)(C1CCCC1)C1CCN(CC2CN(c3ccc(C)cc3)C2)CC1.[C-]#[N+][C@@](c1ccccc1)(C1CCN(CC2CN(c3ccc(C)cc3)C2)CC1)[C@H]1CCC[C@@H]1OC(=O)CC.[C-]#[N+][C@@](c1ccccc1)(C1CCN(CC2CN(c3ccc(C)cc3)C2)CC1)[C@H]1CCC[C@@H]1OC(=O)CCC.[C-]#[N+][C@](c1ccccc1)(C1CCN(CC2CN(c3ccc(C)cc3)C2)CC1)[C@H]1CCC[C@@H]1OC(C)=O. The van der Waals surface area contributed by atoms with E-state index in [0.717, 1.165) is 237 Å². The number of likely N-dealkylation sites (tertiary alicyclic amines) is 4. The van der Waals surface area contributed by atoms with Crippen LogP contribution in [0.15, 0.2) is 218 Å². The fraction of sp³-hybridized carbons (Fsp3) is 0.560. The molecule has 18 nitrogen and oxygen atoms in total. The number of ether oxygens (including phenoxy) is 3. The van der Waals surface area contributed by atoms with Crippen molar-refractivity contribution in [1.82, 2.24) is 19.6 Å². The van der Waals surface area contributed by atoms with Crippen molar-refractivity contribution < 1.29 is 28.6 Å². The molecule has 12 fully saturated rings. The fourth-order valence-corrected chi connectivity index (χ4v) is 28.1. The van der Waals surface area contributed by atoms with Crippen LogP contribution < -0.4 is 19.6 Å². The van der Waals surface area contributed by atoms with E-state index in [1.54, 1.807) is 0 Å². The molecule has 0 radical (unpaired) electrons. The molecule has 12 aliphatic rings. The topological polar surface area (TPSA) is 122 Å². The van der Waals surface area contributed by atoms with Crippen LogP contribution in [0.4, 0.5) is 22.7 Å². The van der Waals surface area contributed by atoms with E-state index < -0.39 is 16.6 Å². The van der Waals surface area contributed by atoms with Crippen LogP contribution in [0.1, 0.15) is 219 Å². The lowest BCUT2D eigenvalue weighted by Crippen LogP contribution is -2.54. The lowest BCUT2D eigenvalue weighted by molar-refractivity contribution is -0.153. The number of rotatable bonds is 30. The molecule has 0 bridgehead atoms. The minimum absolute atomic E-state index is 0.0625. The zero-order valence-electron chi connectivity index (χ0n) is 86.9. The standard InChI is InChI=1S/C33H43N3O2.C32H41N3O2.C31H39N3O2.C29H37N3/c1-4-9-32(37)38-31-13-8-12-30(31)33(34-3,27-10-6-5-7-11-27)28-18-20-35(21-19-28)22-26-23-36(24-26)29-16-14-25(2)15-17-29;1-4-31(36)37-30-12-8-11-29(30)32(33-3,26-9-6-5-7-10-26)27-17-19-34(20-18-27)21-25-22-35(23-25)28-15-13-24(2)14-16-28;1-23-12-14-28(15-13-23)34-21-25(22-34)20-33-18-16-27(17-19-33)31(32-3,26-8-5-4-6-9-26)29-10-7-11-30(29)36-24(2)35;1-23-12-14-28(15-13-23)32-21-24(22-32)20-31-18-16-27(17-19-31)29(30-2,26-10-6-7-11-26)25-8-4-3-5-9-25/h5-7,10-11,14-17,26,28,30-31H,4,8-9,12-13,18-24H2,1-2H3;5-7,9-10,13-16,25,27,29-30H,4,8,11-12,17-23H2,1-2H3;4-6,8-9,12-15,25,27,29-30H,7,10-11,16-22H2,1-2H3;3-5,8-9,12-15,24,26-27H,6-7,10-11,16-22H2,1H3/t30-,31-,33-;29-,30-,32-;29-,30-,31+;/m000./s1. The third-order valence-electron chi connectivity index (χ3n) is 35.7. The Morgan fingerprint density at radius 3 is 0.776 bits per heavy atom. The van der Waals surface area contributed by atoms with Crippen LogP contribution in [-0.4, -0.2) is 187 Å². The summed E-state index contributed by atoms with van der Waals surface area (Å²) in [5.41, 5.74) is 13.1. The van der Waals surface area contributed by atoms with Crippen LogP contribution in [0.25, 0.3) is 19.4 Å². The van der Waals surface area contributed by atoms with Gasteiger partial charge in [-0.1, -0.05) is 219 Å². The average molecular weight is 1930 g/mol. The van der Waals surface area contributed by atoms with Gasteiger partial charge in [0.25, 0.3) is 22.2 Å². The first-order valence-electron chi connectivity index (χ1n) is 55.2. The van der Waals surface area contributed by atoms with Crippen molar-refractivity contribution in [3.63, 3.8) is 0 Å². The quantitative estimate of drug-likeness (QED) is 0.0241. The summed E-state index contributed by atoms with van der Waals surface area (Å²) in [4.78, 5) is 75.0. The normalized spacial score (nSPS) is 24.3. The number of aryl methyl sites for hydroxylation is 4. The second-order valence-electron chi connectivity index (χ2n) is 44.8. The Morgan fingerprint density at radius 2 is 0.531 bits per heavy atom. The van der Waals surface area contributed by atoms with E-state index in [4.69, 9.17) is 40.5 Å². The molecule has 0 spiro atoms. The Balaban J connectivity index is 0.000000131. The van der Waals surface area contributed by atoms with Gasteiger partial charge >= 0.3 is 17.9 Å². The van der Waals surface area contributed by atoms with Gasteiger partial charge in [-0.3, -0.25) is 14.4 Å². The molecular weight excluding hydrogens is 1770 g/mol. The summed E-state index contributed by atoms with van der Waals surface area (Å²) in [5.74, 6) is 4.50. The predicted octanol–water partition coefficient (Wildman–Crippen LogP) is 24.4. The largest absolute Gasteiger partial charge is 0.462 e. The fourth-order valence-electron chi connectivity index (χ4n) is 28.1. The van der Waals surface area contributed by atoms with Crippen molar-refractivity contribution in [1.29, 1.82) is 0 Å². The summed E-state index contributed by atoms with van der Waals surface area (Å²) in [6.07, 6.45) is 23.3. The van der Waals surface area contributed by atoms with Gasteiger partial charge in [0.05, 0.1) is 17.8 Å². The predicted molar refractivity (Wildman–Crippen MR) is 578 cm³/mol. The molecule has 8 aromatic rings. The van der Waals surface area contributed by atoms with Crippen molar-refractivity contribution in [3.05, 3.63) is 309 Å². The molecule has 18 heteroatoms. The van der Waals surface area contributed by atoms with Gasteiger partial charge in [0, 0.05) is 197 Å². The monoisotopic (exact) mass is 1930 g/mol. The first kappa shape index (κ1) is 104. The number of esters is 3. The molecule has 0 N–H and O–H groups in total. The number of anilines is 4. The van der Waals surface area contributed by atoms with E-state index in [1.807, 2.05) is 32.0 Å². The lowest BCUT2D eigenvalue weighted by atomic mass is 9.65. The third kappa shape index (κ3) is 23.8. The zero-order chi connectivity index (χ0) is 99.5. The second-order valence-corrected chi connectivity index (χ2v) is 44.8. The van der Waals surface area contributed by atoms with Crippen LogP contribution in [-0.2, 0) is 50.7 Å². The smallest absolute Gasteiger partial charge is 0.306 e. The van der Waals surface area contributed by atoms with E-state index in [1.165, 1.54) is 116 Å². The van der Waals surface area contributed by atoms with Gasteiger partial charge in [0.2, 0.25) is 0 Å². The maximum atomic E-state index is 12.5. The summed E-state index contributed by atoms with van der Waals surface area (Å²) in [6, 6.07) is 77.6. The summed E-state index contributed by atoms with van der Waals surface area (Å²) >= 11 is 0. The number of nitrogens with zero attached hydrogens (tertiary/aromatic N) is 12. The van der Waals surface area contributed by atoms with Crippen LogP contribution in [0.2, 0.25) is 0 Å². The molecule has 1 unspecified atom stereocenters. The molecule has 0 aromatic heterocycles. The molecule has 143 heavy (non-hydrogen) atoms. The number of hydrogen-bond donors (Lipinski definition) is 0. The molecule has 8 saturated heterocycles. The van der Waals surface area contributed by atoms with Crippen molar-refractivity contribution in [3.8, 4) is 0 Å². The Kier molecular flexibility index (Phi) is 35.1. The zero-order valence-corrected chi connectivity index (χ0v) is 86.9. The molecule has 10 atom stereocenters. The van der Waals surface area contributed by atoms with Crippen molar-refractivity contribution >= 4 is 40.7 Å². The molecule has 8 aromatic carbocycles. The van der Waals surface area contributed by atoms with Gasteiger partial charge in [-0.15, -0.1) is 0 Å². The van der Waals surface area contributed by atoms with Crippen LogP contribution in [0.5, 0.6) is 0 Å². The van der Waals surface area contributed by atoms with Crippen LogP contribution in [0.3, 0.4) is 0 Å². The van der Waals surface area contributed by atoms with Gasteiger partial charge < -0.3 is 72.8 Å². The maximum Gasteiger partial charge on any atom is 0.306 e. The number of hydrogen-bond acceptors (Lipinski definition) is 14. The molecular formula is C125H160N12O6. The minimum atomic E-state index is -0.625. The maximum absolute atomic E-state index is 12.5. The number of carbonyl (C=O) groups is 3. The molecule has 0 amide bonds. The van der Waals surface area contributed by atoms with E-state index in [2.05, 4.69) is 286 Å². The van der Waals surface area contributed by atoms with E-state index >= 15 is 0 Å². The first-order chi connectivity index (χ1) is 69.7. The Hall–Kier alpha value is -10.8. The van der Waals surface area contributed by atoms with Gasteiger partial charge in [-0.05, 0) is 257 Å². The van der Waals surface area contributed by atoms with E-state index in [0.29, 0.717) is 42.4 Å². The Morgan fingerprint density at radius 1 is 0.294 bits per heavy atom. The highest BCUT2D eigenvalue weighted by molar-refractivity contribution is 5.70. The van der Waals surface area contributed by atoms with Gasteiger partial charge in [0.15, 0.2) is 0 Å². The van der Waals surface area contributed by atoms with Crippen molar-refractivity contribution in [2.75, 3.05) is 150 Å². The second kappa shape index (κ2) is 48.5. The Labute approximate surface area is 856 Å². The first-order valence-corrected chi connectivity index (χ1v) is 55.2. The van der Waals surface area contributed by atoms with Crippen LogP contribution in [0, 0.1) is 125 Å².